The first-order chi connectivity index (χ1) is 8.11. The number of nitrogens with two attached hydrogens (primary N) is 1. The minimum Gasteiger partial charge on any atom is -0.381 e. The molecule has 0 aliphatic carbocycles. The molecule has 4 heteroatoms. The molecule has 1 aromatic heterocycles. The summed E-state index contributed by atoms with van der Waals surface area (Å²) in [6.07, 6.45) is 1.90. The van der Waals surface area contributed by atoms with E-state index >= 15 is 0 Å². The van der Waals surface area contributed by atoms with E-state index in [0.29, 0.717) is 5.82 Å². The molecule has 0 fully saturated rings. The fourth-order valence-electron chi connectivity index (χ4n) is 1.91. The van der Waals surface area contributed by atoms with Crippen LogP contribution in [0.2, 0.25) is 0 Å². The summed E-state index contributed by atoms with van der Waals surface area (Å²) in [5.41, 5.74) is 9.02. The van der Waals surface area contributed by atoms with Crippen LogP contribution in [-0.2, 0) is 6.42 Å². The largest absolute Gasteiger partial charge is 0.381 e. The molecule has 2 rings (SSSR count). The highest BCUT2D eigenvalue weighted by atomic mass is 79.9. The number of anilines is 1. The third-order valence-corrected chi connectivity index (χ3v) is 3.08. The van der Waals surface area contributed by atoms with Crippen molar-refractivity contribution in [1.29, 1.82) is 0 Å². The second-order valence-corrected chi connectivity index (χ2v) is 5.06. The van der Waals surface area contributed by atoms with E-state index in [0.717, 1.165) is 34.2 Å². The van der Waals surface area contributed by atoms with Gasteiger partial charge in [-0.15, -0.1) is 0 Å². The predicted molar refractivity (Wildman–Crippen MR) is 72.8 cm³/mol. The summed E-state index contributed by atoms with van der Waals surface area (Å²) < 4.78 is 6.38. The van der Waals surface area contributed by atoms with Crippen molar-refractivity contribution >= 4 is 21.7 Å². The maximum Gasteiger partial charge on any atom is 0.172 e. The molecule has 90 valence electrons. The highest BCUT2D eigenvalue weighted by molar-refractivity contribution is 9.10. The Morgan fingerprint density at radius 1 is 1.35 bits per heavy atom. The molecule has 1 aromatic carbocycles. The van der Waals surface area contributed by atoms with Crippen LogP contribution in [0.5, 0.6) is 0 Å². The van der Waals surface area contributed by atoms with Crippen LogP contribution >= 0.6 is 15.9 Å². The summed E-state index contributed by atoms with van der Waals surface area (Å²) in [6, 6.07) is 6.15. The number of hydrogen-bond acceptors (Lipinski definition) is 3. The van der Waals surface area contributed by atoms with Gasteiger partial charge in [-0.2, -0.15) is 0 Å². The van der Waals surface area contributed by atoms with Crippen LogP contribution in [0.25, 0.3) is 11.3 Å². The third kappa shape index (κ3) is 2.52. The van der Waals surface area contributed by atoms with Gasteiger partial charge in [-0.1, -0.05) is 34.4 Å². The minimum absolute atomic E-state index is 0.500. The fraction of sp³-hybridized carbons (Fsp3) is 0.308. The molecular formula is C13H15BrN2O. The lowest BCUT2D eigenvalue weighted by molar-refractivity contribution is 0.435. The van der Waals surface area contributed by atoms with Crippen molar-refractivity contribution in [1.82, 2.24) is 5.16 Å². The molecule has 1 heterocycles. The summed E-state index contributed by atoms with van der Waals surface area (Å²) in [5.74, 6) is 1.29. The van der Waals surface area contributed by atoms with Crippen LogP contribution in [0.1, 0.15) is 24.5 Å². The van der Waals surface area contributed by atoms with Crippen LogP contribution in [-0.4, -0.2) is 5.16 Å². The van der Waals surface area contributed by atoms with Crippen molar-refractivity contribution in [3.63, 3.8) is 0 Å². The molecule has 2 N–H and O–H groups in total. The van der Waals surface area contributed by atoms with E-state index < -0.39 is 0 Å². The van der Waals surface area contributed by atoms with Gasteiger partial charge in [-0.25, -0.2) is 0 Å². The number of rotatable bonds is 3. The summed E-state index contributed by atoms with van der Waals surface area (Å²) >= 11 is 3.49. The van der Waals surface area contributed by atoms with E-state index in [1.54, 1.807) is 0 Å². The average Bonchev–Trinajstić information content (AvgIpc) is 2.60. The molecule has 0 aliphatic rings. The summed E-state index contributed by atoms with van der Waals surface area (Å²) in [7, 11) is 0. The fourth-order valence-corrected chi connectivity index (χ4v) is 2.52. The van der Waals surface area contributed by atoms with Gasteiger partial charge >= 0.3 is 0 Å². The smallest absolute Gasteiger partial charge is 0.172 e. The molecular weight excluding hydrogens is 280 g/mol. The molecule has 2 aromatic rings. The van der Waals surface area contributed by atoms with Crippen molar-refractivity contribution in [2.45, 2.75) is 26.7 Å². The molecule has 0 saturated heterocycles. The molecule has 0 spiro atoms. The second kappa shape index (κ2) is 4.92. The van der Waals surface area contributed by atoms with Crippen LogP contribution in [0.15, 0.2) is 27.2 Å². The molecule has 0 saturated carbocycles. The number of nitrogen functional groups attached to an aromatic ring is 1. The molecule has 3 nitrogen and oxygen atoms in total. The zero-order valence-corrected chi connectivity index (χ0v) is 11.5. The topological polar surface area (TPSA) is 52.0 Å². The van der Waals surface area contributed by atoms with E-state index in [-0.39, 0.29) is 0 Å². The van der Waals surface area contributed by atoms with Crippen molar-refractivity contribution in [2.75, 3.05) is 5.73 Å². The van der Waals surface area contributed by atoms with Gasteiger partial charge in [0.25, 0.3) is 0 Å². The summed E-state index contributed by atoms with van der Waals surface area (Å²) in [4.78, 5) is 0. The van der Waals surface area contributed by atoms with Gasteiger partial charge < -0.3 is 10.3 Å². The van der Waals surface area contributed by atoms with E-state index in [1.165, 1.54) is 5.56 Å². The first kappa shape index (κ1) is 12.2. The van der Waals surface area contributed by atoms with Crippen LogP contribution < -0.4 is 5.73 Å². The summed E-state index contributed by atoms with van der Waals surface area (Å²) in [5, 5.41) is 3.86. The van der Waals surface area contributed by atoms with Gasteiger partial charge in [-0.3, -0.25) is 0 Å². The standard InChI is InChI=1S/C13H15BrN2O/c1-3-4-11-12(17-16-13(11)15)9-5-8(2)6-10(14)7-9/h5-7H,3-4H2,1-2H3,(H2,15,16). The van der Waals surface area contributed by atoms with Gasteiger partial charge in [-0.05, 0) is 37.1 Å². The zero-order chi connectivity index (χ0) is 12.4. The van der Waals surface area contributed by atoms with Gasteiger partial charge in [0.05, 0.1) is 0 Å². The van der Waals surface area contributed by atoms with Crippen molar-refractivity contribution in [2.24, 2.45) is 0 Å². The van der Waals surface area contributed by atoms with Crippen molar-refractivity contribution in [3.05, 3.63) is 33.8 Å². The van der Waals surface area contributed by atoms with Gasteiger partial charge in [0, 0.05) is 15.6 Å². The number of aromatic nitrogens is 1. The van der Waals surface area contributed by atoms with Crippen molar-refractivity contribution < 1.29 is 4.52 Å². The second-order valence-electron chi connectivity index (χ2n) is 4.14. The molecule has 0 amide bonds. The highest BCUT2D eigenvalue weighted by Gasteiger charge is 2.15. The van der Waals surface area contributed by atoms with E-state index in [2.05, 4.69) is 40.1 Å². The molecule has 0 atom stereocenters. The normalized spacial score (nSPS) is 10.8. The Labute approximate surface area is 109 Å². The Bertz CT molecular complexity index is 514. The first-order valence-electron chi connectivity index (χ1n) is 5.63. The van der Waals surface area contributed by atoms with E-state index in [4.69, 9.17) is 10.3 Å². The Balaban J connectivity index is 2.52. The maximum absolute atomic E-state index is 5.82. The highest BCUT2D eigenvalue weighted by Crippen LogP contribution is 2.31. The molecule has 17 heavy (non-hydrogen) atoms. The van der Waals surface area contributed by atoms with Crippen LogP contribution in [0.4, 0.5) is 5.82 Å². The number of nitrogens with zero attached hydrogens (tertiary/aromatic N) is 1. The monoisotopic (exact) mass is 294 g/mol. The molecule has 0 radical (unpaired) electrons. The van der Waals surface area contributed by atoms with Gasteiger partial charge in [0.2, 0.25) is 0 Å². The lowest BCUT2D eigenvalue weighted by Gasteiger charge is -2.03. The average molecular weight is 295 g/mol. The Hall–Kier alpha value is -1.29. The minimum atomic E-state index is 0.500. The van der Waals surface area contributed by atoms with Crippen molar-refractivity contribution in [3.8, 4) is 11.3 Å². The van der Waals surface area contributed by atoms with E-state index in [1.807, 2.05) is 13.0 Å². The van der Waals surface area contributed by atoms with E-state index in [9.17, 15) is 0 Å². The Morgan fingerprint density at radius 2 is 2.12 bits per heavy atom. The maximum atomic E-state index is 5.82. The number of benzene rings is 1. The zero-order valence-electron chi connectivity index (χ0n) is 9.96. The Morgan fingerprint density at radius 3 is 2.76 bits per heavy atom. The number of halogens is 1. The lowest BCUT2D eigenvalue weighted by atomic mass is 10.0. The summed E-state index contributed by atoms with van der Waals surface area (Å²) in [6.45, 7) is 4.16. The Kier molecular flexibility index (Phi) is 3.52. The quantitative estimate of drug-likeness (QED) is 0.932. The van der Waals surface area contributed by atoms with Gasteiger partial charge in [0.1, 0.15) is 0 Å². The molecule has 0 aliphatic heterocycles. The lowest BCUT2D eigenvalue weighted by Crippen LogP contribution is -1.92. The SMILES string of the molecule is CCCc1c(N)noc1-c1cc(C)cc(Br)c1. The molecule has 0 bridgehead atoms. The number of aryl methyl sites for hydroxylation is 1. The number of hydrogen-bond donors (Lipinski definition) is 1. The third-order valence-electron chi connectivity index (χ3n) is 2.62. The van der Waals surface area contributed by atoms with Crippen LogP contribution in [0.3, 0.4) is 0 Å². The predicted octanol–water partition coefficient (Wildman–Crippen LogP) is 3.95. The van der Waals surface area contributed by atoms with Gasteiger partial charge in [0.15, 0.2) is 11.6 Å². The van der Waals surface area contributed by atoms with Crippen LogP contribution in [0, 0.1) is 6.92 Å². The molecule has 0 unspecified atom stereocenters. The first-order valence-corrected chi connectivity index (χ1v) is 6.42.